The highest BCUT2D eigenvalue weighted by Gasteiger charge is 2.22. The summed E-state index contributed by atoms with van der Waals surface area (Å²) in [5, 5.41) is 2.70. The molecule has 0 radical (unpaired) electrons. The molecule has 0 saturated carbocycles. The van der Waals surface area contributed by atoms with Gasteiger partial charge in [-0.05, 0) is 40.8 Å². The molecule has 0 bridgehead atoms. The molecule has 1 aliphatic rings. The number of halogens is 2. The lowest BCUT2D eigenvalue weighted by Gasteiger charge is -2.15. The van der Waals surface area contributed by atoms with E-state index in [0.717, 1.165) is 9.26 Å². The molecule has 0 unspecified atom stereocenters. The molecule has 1 heterocycles. The molecular weight excluding hydrogens is 298 g/mol. The third kappa shape index (κ3) is 1.68. The summed E-state index contributed by atoms with van der Waals surface area (Å²) in [7, 11) is 0. The van der Waals surface area contributed by atoms with Gasteiger partial charge in [-0.25, -0.2) is 9.18 Å². The number of carbonyl (C=O) groups excluding carboxylic acids is 1. The lowest BCUT2D eigenvalue weighted by Crippen LogP contribution is -2.28. The van der Waals surface area contributed by atoms with Crippen molar-refractivity contribution in [3.8, 4) is 0 Å². The van der Waals surface area contributed by atoms with Crippen LogP contribution in [-0.4, -0.2) is 19.1 Å². The second kappa shape index (κ2) is 3.72. The number of hydrogen-bond acceptors (Lipinski definition) is 1. The second-order valence-corrected chi connectivity index (χ2v) is 4.14. The van der Waals surface area contributed by atoms with E-state index in [2.05, 4.69) is 5.32 Å². The lowest BCUT2D eigenvalue weighted by molar-refractivity contribution is 0.252. The average Bonchev–Trinajstić information content (AvgIpc) is 2.52. The molecule has 0 aliphatic carbocycles. The van der Waals surface area contributed by atoms with Crippen LogP contribution in [0, 0.1) is 9.39 Å². The number of rotatable bonds is 1. The van der Waals surface area contributed by atoms with Crippen molar-refractivity contribution in [2.24, 2.45) is 0 Å². The Morgan fingerprint density at radius 1 is 1.50 bits per heavy atom. The molecule has 3 nitrogen and oxygen atoms in total. The van der Waals surface area contributed by atoms with Gasteiger partial charge in [0.05, 0.1) is 5.69 Å². The van der Waals surface area contributed by atoms with Crippen LogP contribution in [0.3, 0.4) is 0 Å². The van der Waals surface area contributed by atoms with E-state index in [1.54, 1.807) is 11.0 Å². The van der Waals surface area contributed by atoms with E-state index in [1.165, 1.54) is 12.1 Å². The van der Waals surface area contributed by atoms with Crippen molar-refractivity contribution in [3.05, 3.63) is 27.6 Å². The molecule has 1 N–H and O–H groups in total. The van der Waals surface area contributed by atoms with Crippen LogP contribution in [0.25, 0.3) is 0 Å². The highest BCUT2D eigenvalue weighted by atomic mass is 127. The third-order valence-electron chi connectivity index (χ3n) is 2.06. The molecule has 0 aromatic heterocycles. The summed E-state index contributed by atoms with van der Waals surface area (Å²) in [5.74, 6) is -0.280. The molecule has 0 atom stereocenters. The van der Waals surface area contributed by atoms with Gasteiger partial charge in [0.1, 0.15) is 5.82 Å². The molecular formula is C9H8FIN2O. The Labute approximate surface area is 94.4 Å². The van der Waals surface area contributed by atoms with E-state index >= 15 is 0 Å². The summed E-state index contributed by atoms with van der Waals surface area (Å²) >= 11 is 2.02. The maximum atomic E-state index is 12.8. The normalized spacial score (nSPS) is 15.9. The third-order valence-corrected chi connectivity index (χ3v) is 2.92. The van der Waals surface area contributed by atoms with Gasteiger partial charge in [0, 0.05) is 16.7 Å². The summed E-state index contributed by atoms with van der Waals surface area (Å²) in [6, 6.07) is 4.29. The van der Waals surface area contributed by atoms with Gasteiger partial charge in [-0.2, -0.15) is 0 Å². The van der Waals surface area contributed by atoms with Crippen molar-refractivity contribution in [1.82, 2.24) is 5.32 Å². The van der Waals surface area contributed by atoms with E-state index < -0.39 is 0 Å². The summed E-state index contributed by atoms with van der Waals surface area (Å²) in [4.78, 5) is 12.9. The van der Waals surface area contributed by atoms with Crippen molar-refractivity contribution >= 4 is 34.3 Å². The van der Waals surface area contributed by atoms with Gasteiger partial charge >= 0.3 is 6.03 Å². The molecule has 5 heteroatoms. The quantitative estimate of drug-likeness (QED) is 0.791. The maximum absolute atomic E-state index is 12.8. The number of amides is 2. The molecule has 1 aliphatic heterocycles. The fourth-order valence-electron chi connectivity index (χ4n) is 1.40. The van der Waals surface area contributed by atoms with E-state index in [4.69, 9.17) is 0 Å². The van der Waals surface area contributed by atoms with Crippen molar-refractivity contribution in [2.75, 3.05) is 18.0 Å². The van der Waals surface area contributed by atoms with Crippen LogP contribution in [0.4, 0.5) is 14.9 Å². The van der Waals surface area contributed by atoms with Crippen LogP contribution in [0.5, 0.6) is 0 Å². The first-order chi connectivity index (χ1) is 6.68. The number of urea groups is 1. The number of anilines is 1. The van der Waals surface area contributed by atoms with E-state index in [-0.39, 0.29) is 11.8 Å². The first kappa shape index (κ1) is 9.70. The van der Waals surface area contributed by atoms with Crippen molar-refractivity contribution in [3.63, 3.8) is 0 Å². The first-order valence-corrected chi connectivity index (χ1v) is 5.27. The summed E-state index contributed by atoms with van der Waals surface area (Å²) in [6.07, 6.45) is 0. The van der Waals surface area contributed by atoms with Gasteiger partial charge in [0.15, 0.2) is 0 Å². The topological polar surface area (TPSA) is 32.3 Å². The molecule has 1 aromatic rings. The number of benzene rings is 1. The predicted molar refractivity (Wildman–Crippen MR) is 59.9 cm³/mol. The molecule has 0 spiro atoms. The van der Waals surface area contributed by atoms with Crippen LogP contribution in [-0.2, 0) is 0 Å². The minimum atomic E-state index is -0.280. The van der Waals surface area contributed by atoms with Crippen LogP contribution in [0.1, 0.15) is 0 Å². The van der Waals surface area contributed by atoms with Gasteiger partial charge in [0.2, 0.25) is 0 Å². The zero-order valence-electron chi connectivity index (χ0n) is 7.26. The Hall–Kier alpha value is -0.850. The standard InChI is InChI=1S/C9H8FIN2O/c10-6-1-2-8(7(11)5-6)13-4-3-12-9(13)14/h1-2,5H,3-4H2,(H,12,14). The Balaban J connectivity index is 2.36. The van der Waals surface area contributed by atoms with E-state index in [1.807, 2.05) is 22.6 Å². The molecule has 1 saturated heterocycles. The van der Waals surface area contributed by atoms with Crippen molar-refractivity contribution in [2.45, 2.75) is 0 Å². The molecule has 2 amide bonds. The summed E-state index contributed by atoms with van der Waals surface area (Å²) in [6.45, 7) is 1.28. The predicted octanol–water partition coefficient (Wildman–Crippen LogP) is 1.96. The molecule has 74 valence electrons. The second-order valence-electron chi connectivity index (χ2n) is 2.98. The van der Waals surface area contributed by atoms with Crippen molar-refractivity contribution in [1.29, 1.82) is 0 Å². The molecule has 1 fully saturated rings. The molecule has 2 rings (SSSR count). The maximum Gasteiger partial charge on any atom is 0.322 e. The van der Waals surface area contributed by atoms with E-state index in [0.29, 0.717) is 13.1 Å². The average molecular weight is 306 g/mol. The number of carbonyl (C=O) groups is 1. The zero-order chi connectivity index (χ0) is 10.1. The Bertz CT molecular complexity index is 383. The van der Waals surface area contributed by atoms with Crippen LogP contribution < -0.4 is 10.2 Å². The zero-order valence-corrected chi connectivity index (χ0v) is 9.42. The minimum absolute atomic E-state index is 0.116. The van der Waals surface area contributed by atoms with Gasteiger partial charge in [-0.1, -0.05) is 0 Å². The molecule has 1 aromatic carbocycles. The van der Waals surface area contributed by atoms with Crippen LogP contribution >= 0.6 is 22.6 Å². The first-order valence-electron chi connectivity index (χ1n) is 4.19. The lowest BCUT2D eigenvalue weighted by atomic mass is 10.3. The van der Waals surface area contributed by atoms with Gasteiger partial charge in [-0.15, -0.1) is 0 Å². The minimum Gasteiger partial charge on any atom is -0.336 e. The summed E-state index contributed by atoms with van der Waals surface area (Å²) < 4.78 is 13.6. The van der Waals surface area contributed by atoms with Crippen LogP contribution in [0.15, 0.2) is 18.2 Å². The highest BCUT2D eigenvalue weighted by Crippen LogP contribution is 2.24. The van der Waals surface area contributed by atoms with E-state index in [9.17, 15) is 9.18 Å². The van der Waals surface area contributed by atoms with Gasteiger partial charge < -0.3 is 5.32 Å². The smallest absolute Gasteiger partial charge is 0.322 e. The highest BCUT2D eigenvalue weighted by molar-refractivity contribution is 14.1. The number of nitrogens with zero attached hydrogens (tertiary/aromatic N) is 1. The SMILES string of the molecule is O=C1NCCN1c1ccc(F)cc1I. The fraction of sp³-hybridized carbons (Fsp3) is 0.222. The van der Waals surface area contributed by atoms with Gasteiger partial charge in [0.25, 0.3) is 0 Å². The number of nitrogens with one attached hydrogen (secondary N) is 1. The number of hydrogen-bond donors (Lipinski definition) is 1. The Kier molecular flexibility index (Phi) is 2.58. The van der Waals surface area contributed by atoms with Crippen LogP contribution in [0.2, 0.25) is 0 Å². The monoisotopic (exact) mass is 306 g/mol. The Morgan fingerprint density at radius 2 is 2.29 bits per heavy atom. The van der Waals surface area contributed by atoms with Crippen molar-refractivity contribution < 1.29 is 9.18 Å². The fourth-order valence-corrected chi connectivity index (χ4v) is 2.17. The largest absolute Gasteiger partial charge is 0.336 e. The molecule has 14 heavy (non-hydrogen) atoms. The van der Waals surface area contributed by atoms with Gasteiger partial charge in [-0.3, -0.25) is 4.90 Å². The summed E-state index contributed by atoms with van der Waals surface area (Å²) in [5.41, 5.74) is 0.766. The Morgan fingerprint density at radius 3 is 2.86 bits per heavy atom.